The first-order valence-corrected chi connectivity index (χ1v) is 6.23. The van der Waals surface area contributed by atoms with Gasteiger partial charge in [0.25, 0.3) is 0 Å². The second-order valence-electron chi connectivity index (χ2n) is 4.43. The van der Waals surface area contributed by atoms with Crippen LogP contribution < -0.4 is 0 Å². The van der Waals surface area contributed by atoms with Crippen LogP contribution in [0.4, 0.5) is 0 Å². The Balaban J connectivity index is 1.73. The molecule has 0 fully saturated rings. The number of hydrogen-bond acceptors (Lipinski definition) is 3. The van der Waals surface area contributed by atoms with Crippen molar-refractivity contribution in [3.8, 4) is 0 Å². The van der Waals surface area contributed by atoms with Gasteiger partial charge in [-0.25, -0.2) is 0 Å². The maximum absolute atomic E-state index is 12.1. The molecule has 0 bridgehead atoms. The van der Waals surface area contributed by atoms with E-state index in [0.29, 0.717) is 18.6 Å². The Kier molecular flexibility index (Phi) is 3.11. The highest BCUT2D eigenvalue weighted by Gasteiger charge is 2.11. The van der Waals surface area contributed by atoms with Gasteiger partial charge >= 0.3 is 0 Å². The zero-order chi connectivity index (χ0) is 13.1. The summed E-state index contributed by atoms with van der Waals surface area (Å²) in [7, 11) is 0. The number of para-hydroxylation sites is 1. The molecule has 0 saturated heterocycles. The summed E-state index contributed by atoms with van der Waals surface area (Å²) in [6.45, 7) is 0. The number of rotatable bonds is 4. The highest BCUT2D eigenvalue weighted by Crippen LogP contribution is 2.20. The van der Waals surface area contributed by atoms with E-state index in [4.69, 9.17) is 4.42 Å². The highest BCUT2D eigenvalue weighted by molar-refractivity contribution is 5.97. The molecule has 0 amide bonds. The minimum atomic E-state index is 0.0352. The molecule has 0 atom stereocenters. The summed E-state index contributed by atoms with van der Waals surface area (Å²) in [5, 5.41) is 0.967. The maximum Gasteiger partial charge on any atom is 0.198 e. The lowest BCUT2D eigenvalue weighted by Gasteiger charge is -1.98. The van der Waals surface area contributed by atoms with E-state index >= 15 is 0 Å². The third kappa shape index (κ3) is 2.55. The first-order valence-electron chi connectivity index (χ1n) is 6.23. The summed E-state index contributed by atoms with van der Waals surface area (Å²) >= 11 is 0. The Hall–Kier alpha value is -2.42. The van der Waals surface area contributed by atoms with Crippen molar-refractivity contribution in [3.63, 3.8) is 0 Å². The predicted octanol–water partition coefficient (Wildman–Crippen LogP) is 3.64. The normalized spacial score (nSPS) is 10.7. The lowest BCUT2D eigenvalue weighted by atomic mass is 10.1. The van der Waals surface area contributed by atoms with E-state index in [2.05, 4.69) is 4.98 Å². The zero-order valence-electron chi connectivity index (χ0n) is 10.4. The number of furan rings is 1. The molecule has 3 nitrogen and oxygen atoms in total. The fourth-order valence-corrected chi connectivity index (χ4v) is 2.05. The van der Waals surface area contributed by atoms with E-state index in [1.54, 1.807) is 12.4 Å². The molecule has 3 aromatic rings. The van der Waals surface area contributed by atoms with E-state index in [1.165, 1.54) is 0 Å². The maximum atomic E-state index is 12.1. The Labute approximate surface area is 110 Å². The summed E-state index contributed by atoms with van der Waals surface area (Å²) in [5.41, 5.74) is 1.87. The van der Waals surface area contributed by atoms with E-state index in [9.17, 15) is 4.79 Å². The van der Waals surface area contributed by atoms with Crippen LogP contribution in [0.2, 0.25) is 0 Å². The van der Waals surface area contributed by atoms with Crippen molar-refractivity contribution in [1.29, 1.82) is 0 Å². The Morgan fingerprint density at radius 1 is 1.11 bits per heavy atom. The van der Waals surface area contributed by atoms with E-state index < -0.39 is 0 Å². The van der Waals surface area contributed by atoms with Gasteiger partial charge in [0.1, 0.15) is 5.58 Å². The summed E-state index contributed by atoms with van der Waals surface area (Å²) in [6.07, 6.45) is 4.63. The van der Waals surface area contributed by atoms with Crippen molar-refractivity contribution in [1.82, 2.24) is 4.98 Å². The third-order valence-corrected chi connectivity index (χ3v) is 3.09. The second kappa shape index (κ2) is 5.06. The van der Waals surface area contributed by atoms with Gasteiger partial charge in [-0.3, -0.25) is 9.78 Å². The Morgan fingerprint density at radius 3 is 2.68 bits per heavy atom. The summed E-state index contributed by atoms with van der Waals surface area (Å²) < 4.78 is 5.56. The quantitative estimate of drug-likeness (QED) is 0.665. The predicted molar refractivity (Wildman–Crippen MR) is 73.1 cm³/mol. The van der Waals surface area contributed by atoms with Gasteiger partial charge in [-0.2, -0.15) is 0 Å². The second-order valence-corrected chi connectivity index (χ2v) is 4.43. The van der Waals surface area contributed by atoms with Gasteiger partial charge in [0, 0.05) is 24.2 Å². The molecule has 0 aliphatic heterocycles. The van der Waals surface area contributed by atoms with Gasteiger partial charge in [0.05, 0.1) is 0 Å². The van der Waals surface area contributed by atoms with Crippen LogP contribution in [0, 0.1) is 0 Å². The van der Waals surface area contributed by atoms with E-state index in [0.717, 1.165) is 16.5 Å². The molecular formula is C16H13NO2. The number of fused-ring (bicyclic) bond motifs is 1. The molecule has 0 N–H and O–H groups in total. The lowest BCUT2D eigenvalue weighted by molar-refractivity contribution is 0.0958. The van der Waals surface area contributed by atoms with Crippen molar-refractivity contribution >= 4 is 16.8 Å². The number of ketones is 1. The fourth-order valence-electron chi connectivity index (χ4n) is 2.05. The minimum Gasteiger partial charge on any atom is -0.453 e. The fraction of sp³-hybridized carbons (Fsp3) is 0.125. The number of carbonyl (C=O) groups is 1. The summed E-state index contributed by atoms with van der Waals surface area (Å²) in [4.78, 5) is 16.0. The van der Waals surface area contributed by atoms with Crippen molar-refractivity contribution in [2.24, 2.45) is 0 Å². The average molecular weight is 251 g/mol. The monoisotopic (exact) mass is 251 g/mol. The molecule has 3 heteroatoms. The molecule has 19 heavy (non-hydrogen) atoms. The number of nitrogens with zero attached hydrogens (tertiary/aromatic N) is 1. The van der Waals surface area contributed by atoms with Crippen molar-refractivity contribution in [2.75, 3.05) is 0 Å². The molecule has 0 aliphatic carbocycles. The lowest BCUT2D eigenvalue weighted by Crippen LogP contribution is -1.99. The zero-order valence-corrected chi connectivity index (χ0v) is 10.4. The Morgan fingerprint density at radius 2 is 1.89 bits per heavy atom. The third-order valence-electron chi connectivity index (χ3n) is 3.09. The molecule has 0 spiro atoms. The first kappa shape index (κ1) is 11.7. The molecule has 2 aromatic heterocycles. The number of Topliss-reactive ketones (excluding diaryl/α,β-unsaturated/α-hetero) is 1. The van der Waals surface area contributed by atoms with Crippen molar-refractivity contribution < 1.29 is 9.21 Å². The van der Waals surface area contributed by atoms with Crippen LogP contribution in [0.5, 0.6) is 0 Å². The van der Waals surface area contributed by atoms with Gasteiger partial charge < -0.3 is 4.42 Å². The molecule has 0 unspecified atom stereocenters. The standard InChI is InChI=1S/C16H13NO2/c18-14(6-5-12-7-9-17-10-8-12)16-11-13-3-1-2-4-15(13)19-16/h1-4,7-11H,5-6H2. The number of benzene rings is 1. The molecule has 3 rings (SSSR count). The molecule has 0 radical (unpaired) electrons. The molecular weight excluding hydrogens is 238 g/mol. The average Bonchev–Trinajstić information content (AvgIpc) is 2.90. The van der Waals surface area contributed by atoms with Crippen LogP contribution in [0.25, 0.3) is 11.0 Å². The van der Waals surface area contributed by atoms with Gasteiger partial charge in [-0.05, 0) is 36.2 Å². The van der Waals surface area contributed by atoms with Crippen LogP contribution in [0.15, 0.2) is 59.3 Å². The molecule has 0 saturated carbocycles. The molecule has 0 aliphatic rings. The van der Waals surface area contributed by atoms with Gasteiger partial charge in [0.15, 0.2) is 11.5 Å². The van der Waals surface area contributed by atoms with E-state index in [-0.39, 0.29) is 5.78 Å². The molecule has 94 valence electrons. The van der Waals surface area contributed by atoms with Crippen LogP contribution in [-0.2, 0) is 6.42 Å². The van der Waals surface area contributed by atoms with Crippen molar-refractivity contribution in [2.45, 2.75) is 12.8 Å². The molecule has 2 heterocycles. The van der Waals surface area contributed by atoms with Gasteiger partial charge in [-0.1, -0.05) is 18.2 Å². The topological polar surface area (TPSA) is 43.1 Å². The van der Waals surface area contributed by atoms with Crippen molar-refractivity contribution in [3.05, 3.63) is 66.2 Å². The Bertz CT molecular complexity index is 668. The van der Waals surface area contributed by atoms with E-state index in [1.807, 2.05) is 42.5 Å². The largest absolute Gasteiger partial charge is 0.453 e. The smallest absolute Gasteiger partial charge is 0.198 e. The van der Waals surface area contributed by atoms with Crippen LogP contribution in [0.1, 0.15) is 22.5 Å². The SMILES string of the molecule is O=C(CCc1ccncc1)c1cc2ccccc2o1. The van der Waals surface area contributed by atoms with Crippen LogP contribution in [0.3, 0.4) is 0 Å². The van der Waals surface area contributed by atoms with Crippen LogP contribution >= 0.6 is 0 Å². The van der Waals surface area contributed by atoms with Gasteiger partial charge in [0.2, 0.25) is 0 Å². The number of hydrogen-bond donors (Lipinski definition) is 0. The first-order chi connectivity index (χ1) is 9.33. The number of aromatic nitrogens is 1. The number of carbonyl (C=O) groups excluding carboxylic acids is 1. The molecule has 1 aromatic carbocycles. The summed E-state index contributed by atoms with van der Waals surface area (Å²) in [6, 6.07) is 13.3. The highest BCUT2D eigenvalue weighted by atomic mass is 16.3. The number of pyridine rings is 1. The van der Waals surface area contributed by atoms with Gasteiger partial charge in [-0.15, -0.1) is 0 Å². The summed E-state index contributed by atoms with van der Waals surface area (Å²) in [5.74, 6) is 0.475. The number of aryl methyl sites for hydroxylation is 1. The minimum absolute atomic E-state index is 0.0352. The van der Waals surface area contributed by atoms with Crippen LogP contribution in [-0.4, -0.2) is 10.8 Å².